The number of primary amides is 1. The van der Waals surface area contributed by atoms with Crippen molar-refractivity contribution < 1.29 is 34.0 Å². The molecule has 1 aromatic carbocycles. The van der Waals surface area contributed by atoms with Crippen LogP contribution in [-0.4, -0.2) is 87.5 Å². The zero-order valence-electron chi connectivity index (χ0n) is 23.5. The minimum Gasteiger partial charge on any atom is -0.511 e. The molecule has 0 bridgehead atoms. The molecule has 2 aliphatic heterocycles. The summed E-state index contributed by atoms with van der Waals surface area (Å²) in [6.07, 6.45) is 1.23. The number of phenolic OH excluding ortho intramolecular Hbond substituents is 1. The number of phenols is 1. The summed E-state index contributed by atoms with van der Waals surface area (Å²) in [7, 11) is 7.89. The highest BCUT2D eigenvalue weighted by atomic mass is 16.7. The maximum atomic E-state index is 13.1. The zero-order chi connectivity index (χ0) is 28.1. The van der Waals surface area contributed by atoms with Gasteiger partial charge in [-0.3, -0.25) is 4.79 Å². The van der Waals surface area contributed by atoms with Gasteiger partial charge in [0.25, 0.3) is 0 Å². The van der Waals surface area contributed by atoms with Crippen LogP contribution < -0.4 is 10.6 Å². The average Bonchev–Trinajstić information content (AvgIpc) is 3.52. The average molecular weight is 542 g/mol. The number of aliphatic hydroxyl groups excluding tert-OH is 1. The molecule has 2 saturated heterocycles. The summed E-state index contributed by atoms with van der Waals surface area (Å²) in [5.74, 6) is -3.94. The number of nitrogens with zero attached hydrogens (tertiary/aromatic N) is 2. The Kier molecular flexibility index (Phi) is 5.92. The first-order valence-electron chi connectivity index (χ1n) is 13.6. The number of aromatic hydroxyl groups is 1. The summed E-state index contributed by atoms with van der Waals surface area (Å²) in [5.41, 5.74) is 8.86. The third kappa shape index (κ3) is 3.18. The number of benzene rings is 1. The number of hydrogen-bond acceptors (Lipinski definition) is 9. The summed E-state index contributed by atoms with van der Waals surface area (Å²) in [6.45, 7) is 4.95. The summed E-state index contributed by atoms with van der Waals surface area (Å²) < 4.78 is 25.5. The topological polar surface area (TPSA) is 127 Å². The Labute approximate surface area is 228 Å². The van der Waals surface area contributed by atoms with Crippen molar-refractivity contribution in [3.05, 3.63) is 45.7 Å². The fourth-order valence-corrected chi connectivity index (χ4v) is 8.40. The molecular formula is C29H39N3O7. The molecule has 6 rings (SSSR count). The summed E-state index contributed by atoms with van der Waals surface area (Å²) in [5, 5.41) is 23.8. The number of ether oxygens (including phenoxy) is 4. The minimum atomic E-state index is -1.56. The largest absolute Gasteiger partial charge is 0.511 e. The van der Waals surface area contributed by atoms with Crippen LogP contribution in [0.25, 0.3) is 0 Å². The van der Waals surface area contributed by atoms with E-state index in [1.165, 1.54) is 0 Å². The Morgan fingerprint density at radius 2 is 1.64 bits per heavy atom. The van der Waals surface area contributed by atoms with Crippen molar-refractivity contribution in [2.75, 3.05) is 59.5 Å². The van der Waals surface area contributed by atoms with Crippen molar-refractivity contribution in [3.63, 3.8) is 0 Å². The van der Waals surface area contributed by atoms with Gasteiger partial charge in [0.15, 0.2) is 0 Å². The maximum Gasteiger partial charge on any atom is 0.250 e. The highest BCUT2D eigenvalue weighted by Gasteiger charge is 2.72. The Hall–Kier alpha value is -2.63. The van der Waals surface area contributed by atoms with Gasteiger partial charge in [0.2, 0.25) is 17.5 Å². The smallest absolute Gasteiger partial charge is 0.250 e. The lowest BCUT2D eigenvalue weighted by molar-refractivity contribution is -0.241. The Morgan fingerprint density at radius 3 is 2.21 bits per heavy atom. The maximum absolute atomic E-state index is 13.1. The van der Waals surface area contributed by atoms with Crippen molar-refractivity contribution >= 4 is 11.6 Å². The minimum absolute atomic E-state index is 0.0194. The van der Waals surface area contributed by atoms with Gasteiger partial charge in [-0.1, -0.05) is 0 Å². The highest BCUT2D eigenvalue weighted by Crippen LogP contribution is 2.67. The molecule has 5 aliphatic rings. The van der Waals surface area contributed by atoms with Crippen LogP contribution in [0.5, 0.6) is 5.75 Å². The van der Waals surface area contributed by atoms with Gasteiger partial charge >= 0.3 is 0 Å². The lowest BCUT2D eigenvalue weighted by atomic mass is 9.50. The predicted molar refractivity (Wildman–Crippen MR) is 143 cm³/mol. The summed E-state index contributed by atoms with van der Waals surface area (Å²) in [4.78, 5) is 17.2. The second-order valence-corrected chi connectivity index (χ2v) is 12.0. The predicted octanol–water partition coefficient (Wildman–Crippen LogP) is 2.16. The third-order valence-electron chi connectivity index (χ3n) is 9.74. The molecule has 0 radical (unpaired) electrons. The second-order valence-electron chi connectivity index (χ2n) is 12.0. The molecule has 10 heteroatoms. The fraction of sp³-hybridized carbons (Fsp3) is 0.621. The molecule has 212 valence electrons. The number of anilines is 1. The summed E-state index contributed by atoms with van der Waals surface area (Å²) >= 11 is 0. The standard InChI is InChI=1S/C29H39N3O7/c1-15-21(26(30)35)29(38-11-12-39-29)27(2)18(24(15)32(5)6)14-16-13-17-19(31(3)4)7-8-20(33)23(17)28(22(16)25(27)34)36-9-10-37-28/h7-8,16,18,24,33-34H,9-14H2,1-6H3,(H2,30,35)/t16-,18-,24+,27+/m0/s1. The van der Waals surface area contributed by atoms with Gasteiger partial charge in [-0.2, -0.15) is 0 Å². The first-order valence-corrected chi connectivity index (χ1v) is 13.6. The normalized spacial score (nSPS) is 32.5. The quantitative estimate of drug-likeness (QED) is 0.528. The molecule has 0 saturated carbocycles. The molecule has 4 atom stereocenters. The van der Waals surface area contributed by atoms with E-state index < -0.39 is 22.9 Å². The number of nitrogens with two attached hydrogens (primary N) is 1. The van der Waals surface area contributed by atoms with Gasteiger partial charge in [-0.25, -0.2) is 0 Å². The van der Waals surface area contributed by atoms with Crippen molar-refractivity contribution in [2.24, 2.45) is 23.0 Å². The van der Waals surface area contributed by atoms with Crippen molar-refractivity contribution in [2.45, 2.75) is 44.3 Å². The van der Waals surface area contributed by atoms with Crippen molar-refractivity contribution in [1.82, 2.24) is 4.90 Å². The van der Waals surface area contributed by atoms with E-state index in [1.54, 1.807) is 6.07 Å². The van der Waals surface area contributed by atoms with Crippen LogP contribution in [-0.2, 0) is 35.9 Å². The van der Waals surface area contributed by atoms with E-state index >= 15 is 0 Å². The van der Waals surface area contributed by atoms with Crippen LogP contribution in [0.3, 0.4) is 0 Å². The van der Waals surface area contributed by atoms with Gasteiger partial charge in [0.05, 0.1) is 43.0 Å². The van der Waals surface area contributed by atoms with Gasteiger partial charge in [0, 0.05) is 31.4 Å². The molecule has 39 heavy (non-hydrogen) atoms. The van der Waals surface area contributed by atoms with Crippen LogP contribution in [0, 0.1) is 17.3 Å². The number of likely N-dealkylation sites (N-methyl/N-ethyl adjacent to an activating group) is 1. The third-order valence-corrected chi connectivity index (χ3v) is 9.74. The van der Waals surface area contributed by atoms with Crippen LogP contribution in [0.1, 0.15) is 31.4 Å². The van der Waals surface area contributed by atoms with Gasteiger partial charge in [-0.15, -0.1) is 0 Å². The zero-order valence-corrected chi connectivity index (χ0v) is 23.5. The van der Waals surface area contributed by atoms with E-state index in [1.807, 2.05) is 53.0 Å². The Balaban J connectivity index is 1.68. The molecular weight excluding hydrogens is 502 g/mol. The number of carbonyl (C=O) groups excluding carboxylic acids is 1. The molecule has 4 N–H and O–H groups in total. The van der Waals surface area contributed by atoms with Crippen molar-refractivity contribution in [1.29, 1.82) is 0 Å². The fourth-order valence-electron chi connectivity index (χ4n) is 8.40. The first kappa shape index (κ1) is 26.6. The van der Waals surface area contributed by atoms with Gasteiger partial charge in [0.1, 0.15) is 11.5 Å². The number of rotatable bonds is 3. The lowest BCUT2D eigenvalue weighted by Crippen LogP contribution is -2.67. The molecule has 1 amide bonds. The van der Waals surface area contributed by atoms with E-state index in [2.05, 4.69) is 4.90 Å². The number of carbonyl (C=O) groups is 1. The monoisotopic (exact) mass is 541 g/mol. The lowest BCUT2D eigenvalue weighted by Gasteiger charge is -2.60. The van der Waals surface area contributed by atoms with E-state index in [9.17, 15) is 15.0 Å². The molecule has 2 fully saturated rings. The molecule has 1 aromatic rings. The van der Waals surface area contributed by atoms with Gasteiger partial charge < -0.3 is 44.7 Å². The number of amides is 1. The van der Waals surface area contributed by atoms with E-state index in [4.69, 9.17) is 24.7 Å². The number of hydrogen-bond donors (Lipinski definition) is 3. The highest BCUT2D eigenvalue weighted by molar-refractivity contribution is 5.95. The molecule has 0 aromatic heterocycles. The van der Waals surface area contributed by atoms with E-state index in [0.717, 1.165) is 16.8 Å². The molecule has 2 spiro atoms. The van der Waals surface area contributed by atoms with E-state index in [-0.39, 0.29) is 48.2 Å². The Bertz CT molecular complexity index is 1290. The molecule has 0 unspecified atom stereocenters. The van der Waals surface area contributed by atoms with Crippen LogP contribution in [0.4, 0.5) is 5.69 Å². The van der Waals surface area contributed by atoms with E-state index in [0.29, 0.717) is 37.2 Å². The number of aliphatic hydroxyl groups is 1. The van der Waals surface area contributed by atoms with Crippen LogP contribution in [0.15, 0.2) is 34.6 Å². The SMILES string of the molecule is CC1=C(C(N)=O)C2(OCCO2)[C@@]2(C)C(O)=C3[C@@H](Cc4c(N(C)C)ccc(O)c4C34OCCO4)C[C@H]2[C@@H]1N(C)C. The first-order chi connectivity index (χ1) is 18.4. The molecule has 3 aliphatic carbocycles. The van der Waals surface area contributed by atoms with Gasteiger partial charge in [-0.05, 0) is 75.9 Å². The molecule has 10 nitrogen and oxygen atoms in total. The van der Waals surface area contributed by atoms with Crippen LogP contribution in [0.2, 0.25) is 0 Å². The number of fused-ring (bicyclic) bond motifs is 6. The molecule has 2 heterocycles. The summed E-state index contributed by atoms with van der Waals surface area (Å²) in [6, 6.07) is 3.35. The second kappa shape index (κ2) is 8.68. The Morgan fingerprint density at radius 1 is 1.03 bits per heavy atom. The van der Waals surface area contributed by atoms with Crippen LogP contribution >= 0.6 is 0 Å². The van der Waals surface area contributed by atoms with Crippen molar-refractivity contribution in [3.8, 4) is 5.75 Å².